The number of alkyl halides is 3. The SMILES string of the molecule is O=C(Nc1ccc2nc[nH]c2c1)NC(F)(F)F. The van der Waals surface area contributed by atoms with Gasteiger partial charge in [-0.25, -0.2) is 15.1 Å². The number of aromatic amines is 1. The minimum absolute atomic E-state index is 0.239. The van der Waals surface area contributed by atoms with E-state index in [4.69, 9.17) is 0 Å². The number of H-pyrrole nitrogens is 1. The van der Waals surface area contributed by atoms with Gasteiger partial charge < -0.3 is 10.3 Å². The van der Waals surface area contributed by atoms with Crippen molar-refractivity contribution in [3.05, 3.63) is 24.5 Å². The van der Waals surface area contributed by atoms with Crippen LogP contribution in [-0.4, -0.2) is 22.3 Å². The van der Waals surface area contributed by atoms with Gasteiger partial charge >= 0.3 is 12.3 Å². The number of amides is 2. The van der Waals surface area contributed by atoms with Crippen molar-refractivity contribution in [1.29, 1.82) is 0 Å². The smallest absolute Gasteiger partial charge is 0.345 e. The zero-order chi connectivity index (χ0) is 12.5. The minimum Gasteiger partial charge on any atom is -0.345 e. The molecule has 1 aromatic carbocycles. The van der Waals surface area contributed by atoms with E-state index in [9.17, 15) is 18.0 Å². The Balaban J connectivity index is 2.10. The third-order valence-corrected chi connectivity index (χ3v) is 1.93. The molecule has 0 fully saturated rings. The molecule has 5 nitrogen and oxygen atoms in total. The highest BCUT2D eigenvalue weighted by atomic mass is 19.4. The van der Waals surface area contributed by atoms with Gasteiger partial charge in [-0.1, -0.05) is 0 Å². The lowest BCUT2D eigenvalue weighted by Crippen LogP contribution is -2.40. The standard InChI is InChI=1S/C9H7F3N4O/c10-9(11,12)16-8(17)15-5-1-2-6-7(3-5)14-4-13-6/h1-4H,(H,13,14)(H2,15,16,17). The molecule has 0 aliphatic rings. The predicted octanol–water partition coefficient (Wildman–Crippen LogP) is 2.20. The van der Waals surface area contributed by atoms with Crippen LogP contribution in [0.5, 0.6) is 0 Å². The number of halogens is 3. The highest BCUT2D eigenvalue weighted by Crippen LogP contribution is 2.16. The van der Waals surface area contributed by atoms with Gasteiger partial charge in [0.25, 0.3) is 0 Å². The van der Waals surface area contributed by atoms with Gasteiger partial charge in [0, 0.05) is 5.69 Å². The number of nitrogens with zero attached hydrogens (tertiary/aromatic N) is 1. The summed E-state index contributed by atoms with van der Waals surface area (Å²) in [6, 6.07) is 3.18. The Morgan fingerprint density at radius 3 is 2.82 bits per heavy atom. The second-order valence-corrected chi connectivity index (χ2v) is 3.21. The Morgan fingerprint density at radius 2 is 2.12 bits per heavy atom. The lowest BCUT2D eigenvalue weighted by Gasteiger charge is -2.09. The molecule has 2 rings (SSSR count). The first-order chi connectivity index (χ1) is 7.94. The fraction of sp³-hybridized carbons (Fsp3) is 0.111. The summed E-state index contributed by atoms with van der Waals surface area (Å²) < 4.78 is 35.5. The largest absolute Gasteiger partial charge is 0.485 e. The number of carbonyl (C=O) groups is 1. The van der Waals surface area contributed by atoms with Crippen LogP contribution in [-0.2, 0) is 0 Å². The Labute approximate surface area is 93.0 Å². The van der Waals surface area contributed by atoms with Crippen LogP contribution in [0.4, 0.5) is 23.7 Å². The number of aromatic nitrogens is 2. The molecule has 0 saturated carbocycles. The van der Waals surface area contributed by atoms with E-state index in [-0.39, 0.29) is 5.69 Å². The number of anilines is 1. The number of urea groups is 1. The maximum absolute atomic E-state index is 11.8. The maximum Gasteiger partial charge on any atom is 0.485 e. The van der Waals surface area contributed by atoms with Crippen LogP contribution >= 0.6 is 0 Å². The summed E-state index contributed by atoms with van der Waals surface area (Å²) >= 11 is 0. The fourth-order valence-electron chi connectivity index (χ4n) is 1.30. The van der Waals surface area contributed by atoms with E-state index in [2.05, 4.69) is 15.3 Å². The number of imidazole rings is 1. The average Bonchev–Trinajstić information content (AvgIpc) is 2.61. The number of hydrogen-bond donors (Lipinski definition) is 3. The molecule has 0 saturated heterocycles. The van der Waals surface area contributed by atoms with Crippen LogP contribution in [0.15, 0.2) is 24.5 Å². The summed E-state index contributed by atoms with van der Waals surface area (Å²) in [7, 11) is 0. The third-order valence-electron chi connectivity index (χ3n) is 1.93. The number of hydrogen-bond acceptors (Lipinski definition) is 2. The molecule has 17 heavy (non-hydrogen) atoms. The lowest BCUT2D eigenvalue weighted by atomic mass is 10.3. The van der Waals surface area contributed by atoms with Crippen molar-refractivity contribution in [2.45, 2.75) is 6.30 Å². The van der Waals surface area contributed by atoms with Crippen molar-refractivity contribution >= 4 is 22.8 Å². The summed E-state index contributed by atoms with van der Waals surface area (Å²) in [4.78, 5) is 17.6. The molecular formula is C9H7F3N4O. The van der Waals surface area contributed by atoms with E-state index in [1.807, 2.05) is 0 Å². The van der Waals surface area contributed by atoms with E-state index in [0.29, 0.717) is 11.0 Å². The highest BCUT2D eigenvalue weighted by molar-refractivity contribution is 5.91. The Bertz CT molecular complexity index is 548. The quantitative estimate of drug-likeness (QED) is 0.673. The first-order valence-electron chi connectivity index (χ1n) is 4.53. The number of fused-ring (bicyclic) bond motifs is 1. The van der Waals surface area contributed by atoms with E-state index in [0.717, 1.165) is 5.32 Å². The van der Waals surface area contributed by atoms with Crippen molar-refractivity contribution in [2.75, 3.05) is 5.32 Å². The average molecular weight is 244 g/mol. The minimum atomic E-state index is -4.75. The first-order valence-corrected chi connectivity index (χ1v) is 4.53. The van der Waals surface area contributed by atoms with Crippen LogP contribution in [0.25, 0.3) is 11.0 Å². The molecule has 8 heteroatoms. The van der Waals surface area contributed by atoms with Crippen molar-refractivity contribution in [3.63, 3.8) is 0 Å². The second kappa shape index (κ2) is 3.96. The van der Waals surface area contributed by atoms with E-state index in [1.165, 1.54) is 18.5 Å². The zero-order valence-electron chi connectivity index (χ0n) is 8.30. The Kier molecular flexibility index (Phi) is 2.62. The molecular weight excluding hydrogens is 237 g/mol. The van der Waals surface area contributed by atoms with Crippen molar-refractivity contribution in [1.82, 2.24) is 15.3 Å². The molecule has 2 aromatic rings. The highest BCUT2D eigenvalue weighted by Gasteiger charge is 2.29. The summed E-state index contributed by atoms with van der Waals surface area (Å²) in [6.45, 7) is 0. The molecule has 1 heterocycles. The summed E-state index contributed by atoms with van der Waals surface area (Å²) in [5, 5.41) is 2.90. The number of benzene rings is 1. The van der Waals surface area contributed by atoms with Crippen LogP contribution < -0.4 is 10.6 Å². The van der Waals surface area contributed by atoms with Gasteiger partial charge in [-0.15, -0.1) is 0 Å². The fourth-order valence-corrected chi connectivity index (χ4v) is 1.30. The van der Waals surface area contributed by atoms with Crippen LogP contribution in [0.2, 0.25) is 0 Å². The number of nitrogens with one attached hydrogen (secondary N) is 3. The van der Waals surface area contributed by atoms with Crippen molar-refractivity contribution < 1.29 is 18.0 Å². The van der Waals surface area contributed by atoms with Gasteiger partial charge in [0.1, 0.15) is 0 Å². The molecule has 0 unspecified atom stereocenters. The first kappa shape index (κ1) is 11.2. The topological polar surface area (TPSA) is 69.8 Å². The summed E-state index contributed by atoms with van der Waals surface area (Å²) in [5.74, 6) is 0. The maximum atomic E-state index is 11.8. The molecule has 0 spiro atoms. The molecule has 0 bridgehead atoms. The molecule has 2 amide bonds. The van der Waals surface area contributed by atoms with Gasteiger partial charge in [0.15, 0.2) is 0 Å². The normalized spacial score (nSPS) is 11.5. The molecule has 3 N–H and O–H groups in total. The molecule has 0 aliphatic carbocycles. The summed E-state index contributed by atoms with van der Waals surface area (Å²) in [5.41, 5.74) is 1.52. The molecule has 0 aliphatic heterocycles. The van der Waals surface area contributed by atoms with Crippen LogP contribution in [0.3, 0.4) is 0 Å². The van der Waals surface area contributed by atoms with Crippen molar-refractivity contribution in [3.8, 4) is 0 Å². The van der Waals surface area contributed by atoms with Gasteiger partial charge in [-0.3, -0.25) is 0 Å². The van der Waals surface area contributed by atoms with Gasteiger partial charge in [0.05, 0.1) is 17.4 Å². The van der Waals surface area contributed by atoms with E-state index >= 15 is 0 Å². The number of rotatable bonds is 1. The van der Waals surface area contributed by atoms with Gasteiger partial charge in [-0.2, -0.15) is 13.2 Å². The Hall–Kier alpha value is -2.25. The van der Waals surface area contributed by atoms with Crippen LogP contribution in [0.1, 0.15) is 0 Å². The van der Waals surface area contributed by atoms with E-state index in [1.54, 1.807) is 6.07 Å². The second-order valence-electron chi connectivity index (χ2n) is 3.21. The third kappa shape index (κ3) is 2.86. The monoisotopic (exact) mass is 244 g/mol. The molecule has 0 atom stereocenters. The zero-order valence-corrected chi connectivity index (χ0v) is 8.30. The Morgan fingerprint density at radius 1 is 1.35 bits per heavy atom. The molecule has 1 aromatic heterocycles. The van der Waals surface area contributed by atoms with Crippen molar-refractivity contribution in [2.24, 2.45) is 0 Å². The van der Waals surface area contributed by atoms with E-state index < -0.39 is 12.3 Å². The van der Waals surface area contributed by atoms with Gasteiger partial charge in [-0.05, 0) is 18.2 Å². The number of carbonyl (C=O) groups excluding carboxylic acids is 1. The summed E-state index contributed by atoms with van der Waals surface area (Å²) in [6.07, 6.45) is -3.30. The lowest BCUT2D eigenvalue weighted by molar-refractivity contribution is -0.144. The van der Waals surface area contributed by atoms with Gasteiger partial charge in [0.2, 0.25) is 0 Å². The predicted molar refractivity (Wildman–Crippen MR) is 54.3 cm³/mol. The molecule has 0 radical (unpaired) electrons. The molecule has 90 valence electrons. The van der Waals surface area contributed by atoms with Crippen LogP contribution in [0, 0.1) is 0 Å².